The maximum Gasteiger partial charge on any atom is 0.120 e. The Kier molecular flexibility index (Phi) is 2.37. The predicted octanol–water partition coefficient (Wildman–Crippen LogP) is 2.21. The molecule has 0 amide bonds. The molecule has 1 heterocycles. The summed E-state index contributed by atoms with van der Waals surface area (Å²) in [5, 5.41) is 1.35. The van der Waals surface area contributed by atoms with E-state index in [0.717, 1.165) is 18.6 Å². The molecule has 3 heteroatoms. The molecule has 1 N–H and O–H groups in total. The van der Waals surface area contributed by atoms with Gasteiger partial charge in [0, 0.05) is 35.1 Å². The predicted molar refractivity (Wildman–Crippen MR) is 69.7 cm³/mol. The van der Waals surface area contributed by atoms with E-state index in [1.54, 1.807) is 7.11 Å². The van der Waals surface area contributed by atoms with Crippen LogP contribution in [0.25, 0.3) is 10.9 Å². The Hall–Kier alpha value is -1.48. The van der Waals surface area contributed by atoms with Gasteiger partial charge in [-0.2, -0.15) is 0 Å². The van der Waals surface area contributed by atoms with Crippen molar-refractivity contribution in [2.45, 2.75) is 18.9 Å². The molecule has 0 fully saturated rings. The molecule has 1 aromatic carbocycles. The van der Waals surface area contributed by atoms with Crippen molar-refractivity contribution in [1.29, 1.82) is 0 Å². The topological polar surface area (TPSA) is 28.3 Å². The lowest BCUT2D eigenvalue weighted by atomic mass is 10.1. The van der Waals surface area contributed by atoms with Crippen LogP contribution in [-0.4, -0.2) is 37.1 Å². The van der Waals surface area contributed by atoms with Gasteiger partial charge in [-0.25, -0.2) is 0 Å². The summed E-state index contributed by atoms with van der Waals surface area (Å²) in [7, 11) is 6.02. The average molecular weight is 230 g/mol. The quantitative estimate of drug-likeness (QED) is 0.856. The maximum atomic E-state index is 5.25. The summed E-state index contributed by atoms with van der Waals surface area (Å²) in [5.74, 6) is 0.918. The Labute approximate surface area is 101 Å². The van der Waals surface area contributed by atoms with E-state index in [9.17, 15) is 0 Å². The molecule has 1 aliphatic rings. The second kappa shape index (κ2) is 3.77. The summed E-state index contributed by atoms with van der Waals surface area (Å²) in [6.45, 7) is 0. The number of rotatable bonds is 2. The molecule has 3 rings (SSSR count). The molecule has 1 unspecified atom stereocenters. The van der Waals surface area contributed by atoms with Crippen molar-refractivity contribution in [3.8, 4) is 5.75 Å². The van der Waals surface area contributed by atoms with Gasteiger partial charge in [0.15, 0.2) is 0 Å². The molecule has 0 radical (unpaired) electrons. The number of fused-ring (bicyclic) bond motifs is 3. The highest BCUT2D eigenvalue weighted by molar-refractivity contribution is 5.86. The molecule has 1 aliphatic carbocycles. The van der Waals surface area contributed by atoms with Gasteiger partial charge in [-0.1, -0.05) is 0 Å². The number of likely N-dealkylation sites (N-methyl/N-ethyl adjacent to an activating group) is 1. The highest BCUT2D eigenvalue weighted by Crippen LogP contribution is 2.33. The Morgan fingerprint density at radius 3 is 2.82 bits per heavy atom. The van der Waals surface area contributed by atoms with Crippen LogP contribution in [0.4, 0.5) is 0 Å². The summed E-state index contributed by atoms with van der Waals surface area (Å²) in [6, 6.07) is 6.93. The van der Waals surface area contributed by atoms with Crippen LogP contribution in [0.3, 0.4) is 0 Å². The lowest BCUT2D eigenvalue weighted by molar-refractivity contribution is 0.303. The van der Waals surface area contributed by atoms with Gasteiger partial charge in [0.05, 0.1) is 7.11 Å². The van der Waals surface area contributed by atoms with Crippen molar-refractivity contribution in [3.63, 3.8) is 0 Å². The number of benzene rings is 1. The number of hydrogen-bond acceptors (Lipinski definition) is 2. The van der Waals surface area contributed by atoms with Crippen LogP contribution in [0.1, 0.15) is 11.3 Å². The van der Waals surface area contributed by atoms with Gasteiger partial charge in [0.1, 0.15) is 5.75 Å². The van der Waals surface area contributed by atoms with E-state index >= 15 is 0 Å². The number of aromatic nitrogens is 1. The smallest absolute Gasteiger partial charge is 0.120 e. The van der Waals surface area contributed by atoms with Crippen molar-refractivity contribution in [3.05, 3.63) is 29.5 Å². The minimum absolute atomic E-state index is 0.641. The number of ether oxygens (including phenoxy) is 1. The molecule has 0 saturated heterocycles. The highest BCUT2D eigenvalue weighted by atomic mass is 16.5. The van der Waals surface area contributed by atoms with Gasteiger partial charge in [-0.3, -0.25) is 0 Å². The molecular formula is C14H18N2O. The fraction of sp³-hybridized carbons (Fsp3) is 0.429. The van der Waals surface area contributed by atoms with Crippen molar-refractivity contribution in [2.75, 3.05) is 21.2 Å². The van der Waals surface area contributed by atoms with Crippen molar-refractivity contribution >= 4 is 10.9 Å². The van der Waals surface area contributed by atoms with Gasteiger partial charge >= 0.3 is 0 Å². The van der Waals surface area contributed by atoms with Gasteiger partial charge in [0.2, 0.25) is 0 Å². The van der Waals surface area contributed by atoms with Crippen LogP contribution in [0.2, 0.25) is 0 Å². The largest absolute Gasteiger partial charge is 0.497 e. The molecule has 90 valence electrons. The first-order valence-electron chi connectivity index (χ1n) is 6.03. The minimum Gasteiger partial charge on any atom is -0.497 e. The number of aromatic amines is 1. The van der Waals surface area contributed by atoms with Crippen LogP contribution in [0.5, 0.6) is 5.75 Å². The van der Waals surface area contributed by atoms with E-state index in [0.29, 0.717) is 6.04 Å². The van der Waals surface area contributed by atoms with E-state index in [-0.39, 0.29) is 0 Å². The third-order valence-electron chi connectivity index (χ3n) is 3.81. The number of nitrogens with one attached hydrogen (secondary N) is 1. The molecule has 0 saturated carbocycles. The fourth-order valence-corrected chi connectivity index (χ4v) is 2.73. The van der Waals surface area contributed by atoms with Crippen molar-refractivity contribution < 1.29 is 4.74 Å². The molecule has 3 nitrogen and oxygen atoms in total. The van der Waals surface area contributed by atoms with E-state index in [2.05, 4.69) is 36.1 Å². The number of nitrogens with zero attached hydrogens (tertiary/aromatic N) is 1. The minimum atomic E-state index is 0.641. The second-order valence-electron chi connectivity index (χ2n) is 5.02. The average Bonchev–Trinajstić information content (AvgIpc) is 2.84. The van der Waals surface area contributed by atoms with Gasteiger partial charge in [-0.15, -0.1) is 0 Å². The lowest BCUT2D eigenvalue weighted by Crippen LogP contribution is -2.28. The molecule has 17 heavy (non-hydrogen) atoms. The van der Waals surface area contributed by atoms with Crippen LogP contribution in [0.15, 0.2) is 18.2 Å². The Morgan fingerprint density at radius 2 is 2.12 bits per heavy atom. The maximum absolute atomic E-state index is 5.25. The second-order valence-corrected chi connectivity index (χ2v) is 5.02. The fourth-order valence-electron chi connectivity index (χ4n) is 2.73. The number of methoxy groups -OCH3 is 1. The molecule has 1 aromatic heterocycles. The standard InChI is InChI=1S/C14H18N2O/c1-16(2)9-6-12-11-5-4-10(17-3)8-14(11)15-13(12)7-9/h4-5,8-9,15H,6-7H2,1-3H3. The first-order chi connectivity index (χ1) is 8.19. The van der Waals surface area contributed by atoms with E-state index < -0.39 is 0 Å². The van der Waals surface area contributed by atoms with Crippen LogP contribution < -0.4 is 4.74 Å². The Bertz CT molecular complexity index is 557. The zero-order valence-corrected chi connectivity index (χ0v) is 10.6. The van der Waals surface area contributed by atoms with Gasteiger partial charge in [-0.05, 0) is 38.2 Å². The first-order valence-corrected chi connectivity index (χ1v) is 6.03. The SMILES string of the molecule is COc1ccc2c3c([nH]c2c1)CC(N(C)C)C3. The summed E-state index contributed by atoms with van der Waals surface area (Å²) in [6.07, 6.45) is 2.27. The number of hydrogen-bond donors (Lipinski definition) is 1. The van der Waals surface area contributed by atoms with Gasteiger partial charge < -0.3 is 14.6 Å². The molecular weight excluding hydrogens is 212 g/mol. The Balaban J connectivity index is 2.04. The summed E-state index contributed by atoms with van der Waals surface area (Å²) in [5.41, 5.74) is 4.08. The van der Waals surface area contributed by atoms with E-state index in [1.165, 1.54) is 22.2 Å². The third-order valence-corrected chi connectivity index (χ3v) is 3.81. The van der Waals surface area contributed by atoms with E-state index in [4.69, 9.17) is 4.74 Å². The third kappa shape index (κ3) is 1.62. The lowest BCUT2D eigenvalue weighted by Gasteiger charge is -2.18. The number of H-pyrrole nitrogens is 1. The zero-order valence-electron chi connectivity index (χ0n) is 10.6. The summed E-state index contributed by atoms with van der Waals surface area (Å²) >= 11 is 0. The molecule has 0 bridgehead atoms. The van der Waals surface area contributed by atoms with Crippen LogP contribution in [-0.2, 0) is 12.8 Å². The molecule has 1 atom stereocenters. The van der Waals surface area contributed by atoms with Crippen LogP contribution >= 0.6 is 0 Å². The monoisotopic (exact) mass is 230 g/mol. The molecule has 2 aromatic rings. The van der Waals surface area contributed by atoms with Crippen molar-refractivity contribution in [2.24, 2.45) is 0 Å². The normalized spacial score (nSPS) is 18.9. The molecule has 0 spiro atoms. The Morgan fingerprint density at radius 1 is 1.29 bits per heavy atom. The van der Waals surface area contributed by atoms with Crippen LogP contribution in [0, 0.1) is 0 Å². The van der Waals surface area contributed by atoms with Crippen molar-refractivity contribution in [1.82, 2.24) is 9.88 Å². The molecule has 0 aliphatic heterocycles. The highest BCUT2D eigenvalue weighted by Gasteiger charge is 2.26. The van der Waals surface area contributed by atoms with E-state index in [1.807, 2.05) is 6.07 Å². The zero-order chi connectivity index (χ0) is 12.0. The summed E-state index contributed by atoms with van der Waals surface area (Å²) < 4.78 is 5.25. The van der Waals surface area contributed by atoms with Gasteiger partial charge in [0.25, 0.3) is 0 Å². The summed E-state index contributed by atoms with van der Waals surface area (Å²) in [4.78, 5) is 5.84. The first kappa shape index (κ1) is 10.7.